The van der Waals surface area contributed by atoms with Gasteiger partial charge in [0.05, 0.1) is 19.8 Å². The van der Waals surface area contributed by atoms with Crippen molar-refractivity contribution in [1.29, 1.82) is 0 Å². The van der Waals surface area contributed by atoms with Crippen LogP contribution in [0.4, 0.5) is 0 Å². The van der Waals surface area contributed by atoms with Crippen molar-refractivity contribution in [2.75, 3.05) is 40.0 Å². The molecule has 0 unspecified atom stereocenters. The number of nitrogens with zero attached hydrogens (tertiary/aromatic N) is 1. The molecule has 0 bridgehead atoms. The minimum atomic E-state index is 0.603. The largest absolute Gasteiger partial charge is 0.492 e. The molecule has 1 aliphatic rings. The van der Waals surface area contributed by atoms with Gasteiger partial charge in [-0.2, -0.15) is 0 Å². The molecule has 0 atom stereocenters. The molecule has 0 spiro atoms. The third-order valence-corrected chi connectivity index (χ3v) is 3.70. The molecule has 1 heterocycles. The number of nitrogens with one attached hydrogen (secondary N) is 2. The summed E-state index contributed by atoms with van der Waals surface area (Å²) >= 11 is 0. The van der Waals surface area contributed by atoms with Crippen LogP contribution in [0.5, 0.6) is 5.75 Å². The Kier molecular flexibility index (Phi) is 7.46. The van der Waals surface area contributed by atoms with E-state index in [0.29, 0.717) is 13.2 Å². The van der Waals surface area contributed by atoms with Gasteiger partial charge in [0.1, 0.15) is 12.4 Å². The molecule has 2 N–H and O–H groups in total. The van der Waals surface area contributed by atoms with E-state index in [2.05, 4.69) is 28.6 Å². The first-order valence-corrected chi connectivity index (χ1v) is 8.17. The molecular formula is C18H27N3O2. The van der Waals surface area contributed by atoms with Crippen LogP contribution in [-0.2, 0) is 4.74 Å². The minimum Gasteiger partial charge on any atom is -0.492 e. The summed E-state index contributed by atoms with van der Waals surface area (Å²) in [7, 11) is 1.78. The zero-order valence-corrected chi connectivity index (χ0v) is 14.1. The van der Waals surface area contributed by atoms with Crippen molar-refractivity contribution in [1.82, 2.24) is 10.6 Å². The van der Waals surface area contributed by atoms with Crippen LogP contribution >= 0.6 is 0 Å². The molecule has 0 fully saturated rings. The van der Waals surface area contributed by atoms with E-state index in [0.717, 1.165) is 44.3 Å². The van der Waals surface area contributed by atoms with Crippen molar-refractivity contribution < 1.29 is 9.47 Å². The molecule has 0 radical (unpaired) electrons. The van der Waals surface area contributed by atoms with Crippen LogP contribution in [0, 0.1) is 6.92 Å². The lowest BCUT2D eigenvalue weighted by atomic mass is 10.1. The van der Waals surface area contributed by atoms with Crippen LogP contribution < -0.4 is 15.4 Å². The topological polar surface area (TPSA) is 54.9 Å². The Morgan fingerprint density at radius 3 is 2.70 bits per heavy atom. The maximum Gasteiger partial charge on any atom is 0.191 e. The highest BCUT2D eigenvalue weighted by molar-refractivity contribution is 5.79. The molecule has 1 aliphatic heterocycles. The smallest absolute Gasteiger partial charge is 0.191 e. The van der Waals surface area contributed by atoms with E-state index in [-0.39, 0.29) is 0 Å². The van der Waals surface area contributed by atoms with Gasteiger partial charge in [0.25, 0.3) is 0 Å². The Balaban J connectivity index is 1.59. The van der Waals surface area contributed by atoms with Crippen LogP contribution in [0.15, 0.2) is 40.9 Å². The fourth-order valence-electron chi connectivity index (χ4n) is 2.33. The average molecular weight is 317 g/mol. The van der Waals surface area contributed by atoms with E-state index < -0.39 is 0 Å². The molecule has 1 aromatic rings. The molecule has 126 valence electrons. The summed E-state index contributed by atoms with van der Waals surface area (Å²) in [5, 5.41) is 6.58. The lowest BCUT2D eigenvalue weighted by molar-refractivity contribution is 0.153. The van der Waals surface area contributed by atoms with Gasteiger partial charge in [0, 0.05) is 13.6 Å². The second-order valence-corrected chi connectivity index (χ2v) is 5.52. The molecule has 0 saturated heterocycles. The van der Waals surface area contributed by atoms with E-state index >= 15 is 0 Å². The van der Waals surface area contributed by atoms with Crippen molar-refractivity contribution in [3.05, 3.63) is 41.5 Å². The molecule has 23 heavy (non-hydrogen) atoms. The summed E-state index contributed by atoms with van der Waals surface area (Å²) in [5.74, 6) is 1.71. The van der Waals surface area contributed by atoms with Crippen LogP contribution in [-0.4, -0.2) is 45.9 Å². The standard InChI is InChI=1S/C18H27N3O2/c1-15-3-5-17(6-4-15)23-14-11-21-18(19-2)20-10-7-16-8-12-22-13-9-16/h3-6,8H,7,9-14H2,1-2H3,(H2,19,20,21). The second-order valence-electron chi connectivity index (χ2n) is 5.52. The summed E-state index contributed by atoms with van der Waals surface area (Å²) < 4.78 is 11.0. The van der Waals surface area contributed by atoms with Gasteiger partial charge in [-0.1, -0.05) is 29.3 Å². The van der Waals surface area contributed by atoms with Crippen molar-refractivity contribution >= 4 is 5.96 Å². The summed E-state index contributed by atoms with van der Waals surface area (Å²) in [6, 6.07) is 8.08. The number of benzene rings is 1. The quantitative estimate of drug-likeness (QED) is 0.351. The predicted molar refractivity (Wildman–Crippen MR) is 94.2 cm³/mol. The van der Waals surface area contributed by atoms with Crippen molar-refractivity contribution in [2.45, 2.75) is 19.8 Å². The van der Waals surface area contributed by atoms with Gasteiger partial charge >= 0.3 is 0 Å². The number of rotatable bonds is 7. The average Bonchev–Trinajstić information content (AvgIpc) is 2.59. The van der Waals surface area contributed by atoms with Crippen LogP contribution in [0.2, 0.25) is 0 Å². The Morgan fingerprint density at radius 2 is 2.00 bits per heavy atom. The van der Waals surface area contributed by atoms with Gasteiger partial charge in [0.15, 0.2) is 5.96 Å². The fourth-order valence-corrected chi connectivity index (χ4v) is 2.33. The summed E-state index contributed by atoms with van der Waals surface area (Å²) in [6.45, 7) is 5.85. The van der Waals surface area contributed by atoms with Crippen molar-refractivity contribution in [2.24, 2.45) is 4.99 Å². The van der Waals surface area contributed by atoms with Crippen LogP contribution in [0.1, 0.15) is 18.4 Å². The number of guanidine groups is 1. The van der Waals surface area contributed by atoms with Crippen LogP contribution in [0.3, 0.4) is 0 Å². The predicted octanol–water partition coefficient (Wildman–Crippen LogP) is 2.28. The minimum absolute atomic E-state index is 0.603. The molecule has 0 amide bonds. The van der Waals surface area contributed by atoms with Gasteiger partial charge in [0.2, 0.25) is 0 Å². The first-order valence-electron chi connectivity index (χ1n) is 8.17. The fraction of sp³-hybridized carbons (Fsp3) is 0.500. The van der Waals surface area contributed by atoms with E-state index in [1.807, 2.05) is 24.3 Å². The Labute approximate surface area is 138 Å². The number of aliphatic imine (C=N–C) groups is 1. The second kappa shape index (κ2) is 9.90. The molecule has 1 aromatic carbocycles. The molecule has 0 aromatic heterocycles. The van der Waals surface area contributed by atoms with E-state index in [1.54, 1.807) is 7.05 Å². The molecule has 5 heteroatoms. The maximum atomic E-state index is 5.69. The van der Waals surface area contributed by atoms with Gasteiger partial charge in [-0.3, -0.25) is 4.99 Å². The van der Waals surface area contributed by atoms with Gasteiger partial charge in [-0.15, -0.1) is 0 Å². The Hall–Kier alpha value is -2.01. The summed E-state index contributed by atoms with van der Waals surface area (Å²) in [6.07, 6.45) is 4.25. The first-order chi connectivity index (χ1) is 11.3. The highest BCUT2D eigenvalue weighted by atomic mass is 16.5. The lowest BCUT2D eigenvalue weighted by Gasteiger charge is -2.15. The number of hydrogen-bond donors (Lipinski definition) is 2. The van der Waals surface area contributed by atoms with Crippen molar-refractivity contribution in [3.63, 3.8) is 0 Å². The number of aryl methyl sites for hydroxylation is 1. The Bertz CT molecular complexity index is 524. The van der Waals surface area contributed by atoms with Crippen molar-refractivity contribution in [3.8, 4) is 5.75 Å². The number of hydrogen-bond acceptors (Lipinski definition) is 3. The molecule has 2 rings (SSSR count). The third-order valence-electron chi connectivity index (χ3n) is 3.70. The normalized spacial score (nSPS) is 15.0. The highest BCUT2D eigenvalue weighted by Gasteiger charge is 2.04. The van der Waals surface area contributed by atoms with E-state index in [4.69, 9.17) is 9.47 Å². The van der Waals surface area contributed by atoms with Gasteiger partial charge in [-0.05, 0) is 31.9 Å². The zero-order valence-electron chi connectivity index (χ0n) is 14.1. The van der Waals surface area contributed by atoms with E-state index in [9.17, 15) is 0 Å². The molecular weight excluding hydrogens is 290 g/mol. The highest BCUT2D eigenvalue weighted by Crippen LogP contribution is 2.11. The SMILES string of the molecule is CN=C(NCCOc1ccc(C)cc1)NCCC1=CCOCC1. The van der Waals surface area contributed by atoms with Gasteiger partial charge in [-0.25, -0.2) is 0 Å². The summed E-state index contributed by atoms with van der Waals surface area (Å²) in [5.41, 5.74) is 2.70. The maximum absolute atomic E-state index is 5.69. The van der Waals surface area contributed by atoms with Crippen LogP contribution in [0.25, 0.3) is 0 Å². The Morgan fingerprint density at radius 1 is 1.22 bits per heavy atom. The van der Waals surface area contributed by atoms with E-state index in [1.165, 1.54) is 11.1 Å². The zero-order chi connectivity index (χ0) is 16.3. The molecule has 0 saturated carbocycles. The monoisotopic (exact) mass is 317 g/mol. The number of ether oxygens (including phenoxy) is 2. The van der Waals surface area contributed by atoms with Gasteiger partial charge < -0.3 is 20.1 Å². The summed E-state index contributed by atoms with van der Waals surface area (Å²) in [4.78, 5) is 4.22. The lowest BCUT2D eigenvalue weighted by Crippen LogP contribution is -2.39. The first kappa shape index (κ1) is 17.3. The molecule has 5 nitrogen and oxygen atoms in total. The molecule has 0 aliphatic carbocycles. The third kappa shape index (κ3) is 6.74.